The van der Waals surface area contributed by atoms with Gasteiger partial charge in [-0.2, -0.15) is 0 Å². The SMILES string of the molecule is C=CCN(c1ccccc1C(=O)O)C1CC1. The third-order valence-electron chi connectivity index (χ3n) is 2.76. The van der Waals surface area contributed by atoms with Crippen LogP contribution in [0.25, 0.3) is 0 Å². The van der Waals surface area contributed by atoms with Crippen LogP contribution in [0.1, 0.15) is 23.2 Å². The van der Waals surface area contributed by atoms with Crippen molar-refractivity contribution in [1.29, 1.82) is 0 Å². The lowest BCUT2D eigenvalue weighted by molar-refractivity contribution is 0.0697. The van der Waals surface area contributed by atoms with Gasteiger partial charge in [-0.1, -0.05) is 18.2 Å². The zero-order valence-electron chi connectivity index (χ0n) is 9.10. The van der Waals surface area contributed by atoms with E-state index in [1.54, 1.807) is 12.1 Å². The molecule has 0 unspecified atom stereocenters. The van der Waals surface area contributed by atoms with Crippen molar-refractivity contribution in [2.75, 3.05) is 11.4 Å². The minimum Gasteiger partial charge on any atom is -0.478 e. The van der Waals surface area contributed by atoms with E-state index in [1.165, 1.54) is 0 Å². The Bertz CT molecular complexity index is 410. The Morgan fingerprint density at radius 3 is 2.75 bits per heavy atom. The molecular formula is C13H15NO2. The van der Waals surface area contributed by atoms with Crippen LogP contribution in [-0.4, -0.2) is 23.7 Å². The molecule has 0 heterocycles. The smallest absolute Gasteiger partial charge is 0.337 e. The highest BCUT2D eigenvalue weighted by atomic mass is 16.4. The van der Waals surface area contributed by atoms with Crippen LogP contribution >= 0.6 is 0 Å². The van der Waals surface area contributed by atoms with Crippen molar-refractivity contribution >= 4 is 11.7 Å². The third kappa shape index (κ3) is 2.08. The molecule has 0 spiro atoms. The first-order valence-corrected chi connectivity index (χ1v) is 5.44. The summed E-state index contributed by atoms with van der Waals surface area (Å²) >= 11 is 0. The molecule has 3 nitrogen and oxygen atoms in total. The molecule has 1 N–H and O–H groups in total. The number of anilines is 1. The second-order valence-corrected chi connectivity index (χ2v) is 3.99. The Hall–Kier alpha value is -1.77. The summed E-state index contributed by atoms with van der Waals surface area (Å²) in [5, 5.41) is 9.13. The van der Waals surface area contributed by atoms with Crippen LogP contribution in [0.2, 0.25) is 0 Å². The van der Waals surface area contributed by atoms with E-state index in [0.29, 0.717) is 18.2 Å². The molecule has 1 aliphatic rings. The van der Waals surface area contributed by atoms with Crippen molar-refractivity contribution in [1.82, 2.24) is 0 Å². The highest BCUT2D eigenvalue weighted by Crippen LogP contribution is 2.33. The van der Waals surface area contributed by atoms with E-state index in [0.717, 1.165) is 18.5 Å². The highest BCUT2D eigenvalue weighted by Gasteiger charge is 2.30. The monoisotopic (exact) mass is 217 g/mol. The normalized spacial score (nSPS) is 14.5. The van der Waals surface area contributed by atoms with Gasteiger partial charge in [0.25, 0.3) is 0 Å². The Morgan fingerprint density at radius 1 is 1.50 bits per heavy atom. The number of hydrogen-bond donors (Lipinski definition) is 1. The summed E-state index contributed by atoms with van der Waals surface area (Å²) in [5.74, 6) is -0.870. The fraction of sp³-hybridized carbons (Fsp3) is 0.308. The number of carboxylic acids is 1. The van der Waals surface area contributed by atoms with E-state index in [2.05, 4.69) is 11.5 Å². The average molecular weight is 217 g/mol. The van der Waals surface area contributed by atoms with Gasteiger partial charge in [0.1, 0.15) is 0 Å². The summed E-state index contributed by atoms with van der Waals surface area (Å²) in [4.78, 5) is 13.2. The minimum absolute atomic E-state index is 0.372. The second-order valence-electron chi connectivity index (χ2n) is 3.99. The number of para-hydroxylation sites is 1. The molecule has 16 heavy (non-hydrogen) atoms. The van der Waals surface area contributed by atoms with Crippen LogP contribution in [0.5, 0.6) is 0 Å². The van der Waals surface area contributed by atoms with Crippen molar-refractivity contribution in [2.45, 2.75) is 18.9 Å². The zero-order valence-corrected chi connectivity index (χ0v) is 9.10. The molecule has 0 saturated heterocycles. The number of benzene rings is 1. The first-order chi connectivity index (χ1) is 7.74. The molecule has 0 radical (unpaired) electrons. The lowest BCUT2D eigenvalue weighted by Gasteiger charge is -2.24. The summed E-state index contributed by atoms with van der Waals surface area (Å²) in [6, 6.07) is 7.63. The van der Waals surface area contributed by atoms with Gasteiger partial charge in [-0.25, -0.2) is 4.79 Å². The van der Waals surface area contributed by atoms with E-state index in [4.69, 9.17) is 5.11 Å². The van der Waals surface area contributed by atoms with Crippen molar-refractivity contribution in [3.63, 3.8) is 0 Å². The van der Waals surface area contributed by atoms with Gasteiger partial charge in [0.2, 0.25) is 0 Å². The quantitative estimate of drug-likeness (QED) is 0.770. The number of carbonyl (C=O) groups is 1. The molecular weight excluding hydrogens is 202 g/mol. The molecule has 1 aromatic carbocycles. The van der Waals surface area contributed by atoms with Gasteiger partial charge in [-0.3, -0.25) is 0 Å². The van der Waals surface area contributed by atoms with E-state index in [9.17, 15) is 4.79 Å². The second kappa shape index (κ2) is 4.39. The predicted octanol–water partition coefficient (Wildman–Crippen LogP) is 2.54. The Kier molecular flexibility index (Phi) is 2.95. The van der Waals surface area contributed by atoms with Crippen LogP contribution < -0.4 is 4.90 Å². The molecule has 1 aromatic rings. The largest absolute Gasteiger partial charge is 0.478 e. The summed E-state index contributed by atoms with van der Waals surface area (Å²) in [6.45, 7) is 4.42. The number of aromatic carboxylic acids is 1. The van der Waals surface area contributed by atoms with Crippen molar-refractivity contribution in [3.8, 4) is 0 Å². The van der Waals surface area contributed by atoms with Crippen LogP contribution in [0.4, 0.5) is 5.69 Å². The summed E-state index contributed by atoms with van der Waals surface area (Å²) in [6.07, 6.45) is 4.10. The Labute approximate surface area is 95.0 Å². The molecule has 1 fully saturated rings. The van der Waals surface area contributed by atoms with Gasteiger partial charge in [0.15, 0.2) is 0 Å². The topological polar surface area (TPSA) is 40.5 Å². The van der Waals surface area contributed by atoms with Crippen LogP contribution in [0.15, 0.2) is 36.9 Å². The van der Waals surface area contributed by atoms with Gasteiger partial charge >= 0.3 is 5.97 Å². The number of carboxylic acid groups (broad SMARTS) is 1. The molecule has 0 amide bonds. The maximum atomic E-state index is 11.1. The zero-order chi connectivity index (χ0) is 11.5. The number of rotatable bonds is 5. The number of nitrogens with zero attached hydrogens (tertiary/aromatic N) is 1. The van der Waals surface area contributed by atoms with Gasteiger partial charge in [0, 0.05) is 12.6 Å². The molecule has 84 valence electrons. The highest BCUT2D eigenvalue weighted by molar-refractivity contribution is 5.94. The lowest BCUT2D eigenvalue weighted by atomic mass is 10.1. The third-order valence-corrected chi connectivity index (χ3v) is 2.76. The fourth-order valence-corrected chi connectivity index (χ4v) is 1.87. The summed E-state index contributed by atoms with van der Waals surface area (Å²) in [7, 11) is 0. The molecule has 2 rings (SSSR count). The van der Waals surface area contributed by atoms with Gasteiger partial charge < -0.3 is 10.0 Å². The van der Waals surface area contributed by atoms with Crippen LogP contribution in [-0.2, 0) is 0 Å². The van der Waals surface area contributed by atoms with E-state index in [-0.39, 0.29) is 0 Å². The molecule has 0 aliphatic heterocycles. The minimum atomic E-state index is -0.870. The summed E-state index contributed by atoms with van der Waals surface area (Å²) < 4.78 is 0. The van der Waals surface area contributed by atoms with Crippen molar-refractivity contribution in [2.24, 2.45) is 0 Å². The van der Waals surface area contributed by atoms with E-state index in [1.807, 2.05) is 18.2 Å². The average Bonchev–Trinajstić information content (AvgIpc) is 3.10. The van der Waals surface area contributed by atoms with E-state index >= 15 is 0 Å². The van der Waals surface area contributed by atoms with Crippen molar-refractivity contribution in [3.05, 3.63) is 42.5 Å². The Morgan fingerprint density at radius 2 is 2.19 bits per heavy atom. The van der Waals surface area contributed by atoms with Crippen molar-refractivity contribution < 1.29 is 9.90 Å². The first-order valence-electron chi connectivity index (χ1n) is 5.44. The molecule has 0 atom stereocenters. The number of hydrogen-bond acceptors (Lipinski definition) is 2. The molecule has 0 aromatic heterocycles. The van der Waals surface area contributed by atoms with E-state index < -0.39 is 5.97 Å². The maximum absolute atomic E-state index is 11.1. The van der Waals surface area contributed by atoms with Crippen LogP contribution in [0, 0.1) is 0 Å². The maximum Gasteiger partial charge on any atom is 0.337 e. The molecule has 1 aliphatic carbocycles. The summed E-state index contributed by atoms with van der Waals surface area (Å²) in [5.41, 5.74) is 1.17. The fourth-order valence-electron chi connectivity index (χ4n) is 1.87. The lowest BCUT2D eigenvalue weighted by Crippen LogP contribution is -2.27. The standard InChI is InChI=1S/C13H15NO2/c1-2-9-14(10-7-8-10)12-6-4-3-5-11(12)13(15)16/h2-6,10H,1,7-9H2,(H,15,16). The first kappa shape index (κ1) is 10.7. The molecule has 1 saturated carbocycles. The Balaban J connectivity index is 2.35. The predicted molar refractivity (Wildman–Crippen MR) is 64.0 cm³/mol. The molecule has 0 bridgehead atoms. The molecule has 3 heteroatoms. The van der Waals surface area contributed by atoms with Crippen LogP contribution in [0.3, 0.4) is 0 Å². The van der Waals surface area contributed by atoms with Gasteiger partial charge in [-0.15, -0.1) is 6.58 Å². The van der Waals surface area contributed by atoms with Gasteiger partial charge in [-0.05, 0) is 25.0 Å². The van der Waals surface area contributed by atoms with Gasteiger partial charge in [0.05, 0.1) is 11.3 Å².